The number of para-hydroxylation sites is 1. The number of aliphatic hydroxyl groups excluding tert-OH is 1. The summed E-state index contributed by atoms with van der Waals surface area (Å²) in [4.78, 5) is 22.3. The molecule has 2 aromatic carbocycles. The van der Waals surface area contributed by atoms with Gasteiger partial charge in [-0.15, -0.1) is 0 Å². The van der Waals surface area contributed by atoms with Gasteiger partial charge in [0.25, 0.3) is 0 Å². The molecule has 0 radical (unpaired) electrons. The number of carbonyl (C=O) groups is 1. The molecule has 0 bridgehead atoms. The van der Waals surface area contributed by atoms with E-state index in [4.69, 9.17) is 4.74 Å². The molecule has 0 fully saturated rings. The first-order valence-electron chi connectivity index (χ1n) is 7.54. The first-order valence-corrected chi connectivity index (χ1v) is 7.54. The van der Waals surface area contributed by atoms with Gasteiger partial charge in [0.2, 0.25) is 5.76 Å². The molecule has 0 aliphatic rings. The van der Waals surface area contributed by atoms with Gasteiger partial charge in [-0.3, -0.25) is 10.1 Å². The van der Waals surface area contributed by atoms with Gasteiger partial charge in [-0.25, -0.2) is 4.79 Å². The molecule has 132 valence electrons. The second-order valence-corrected chi connectivity index (χ2v) is 4.98. The van der Waals surface area contributed by atoms with Crippen molar-refractivity contribution in [1.29, 1.82) is 0 Å². The van der Waals surface area contributed by atoms with Gasteiger partial charge in [-0.2, -0.15) is 0 Å². The van der Waals surface area contributed by atoms with Gasteiger partial charge in [-0.1, -0.05) is 36.4 Å². The zero-order chi connectivity index (χ0) is 18.2. The number of aliphatic hydroxyl groups is 1. The zero-order valence-electron chi connectivity index (χ0n) is 13.5. The van der Waals surface area contributed by atoms with Crippen molar-refractivity contribution in [2.45, 2.75) is 13.5 Å². The maximum atomic E-state index is 11.5. The SMILES string of the molecule is CCOC(=O)/C(O)=C/c1cccc(OCc2ccccc2)c1[N+](=O)[O-].[KH]. The van der Waals surface area contributed by atoms with Crippen LogP contribution >= 0.6 is 0 Å². The Kier molecular flexibility index (Phi) is 9.53. The van der Waals surface area contributed by atoms with Crippen molar-refractivity contribution in [1.82, 2.24) is 0 Å². The van der Waals surface area contributed by atoms with Crippen LogP contribution in [0.25, 0.3) is 6.08 Å². The molecule has 0 saturated heterocycles. The van der Waals surface area contributed by atoms with Gasteiger partial charge in [0.1, 0.15) is 6.61 Å². The Balaban J connectivity index is 0.00000338. The van der Waals surface area contributed by atoms with E-state index in [1.54, 1.807) is 6.92 Å². The number of rotatable bonds is 7. The molecule has 1 N–H and O–H groups in total. The van der Waals surface area contributed by atoms with Crippen molar-refractivity contribution >= 4 is 69.1 Å². The number of hydrogen-bond acceptors (Lipinski definition) is 6. The van der Waals surface area contributed by atoms with Gasteiger partial charge in [0, 0.05) is 6.08 Å². The van der Waals surface area contributed by atoms with E-state index in [0.29, 0.717) is 0 Å². The summed E-state index contributed by atoms with van der Waals surface area (Å²) in [5.41, 5.74) is 0.558. The number of esters is 1. The summed E-state index contributed by atoms with van der Waals surface area (Å²) in [7, 11) is 0. The summed E-state index contributed by atoms with van der Waals surface area (Å²) in [6.45, 7) is 1.82. The fraction of sp³-hybridized carbons (Fsp3) is 0.167. The molecule has 0 heterocycles. The van der Waals surface area contributed by atoms with Gasteiger partial charge in [-0.05, 0) is 24.6 Å². The molecule has 0 aliphatic heterocycles. The number of nitrogens with zero attached hydrogens (tertiary/aromatic N) is 1. The average Bonchev–Trinajstić information content (AvgIpc) is 2.60. The third kappa shape index (κ3) is 6.22. The average molecular weight is 383 g/mol. The van der Waals surface area contributed by atoms with Crippen LogP contribution in [0.2, 0.25) is 0 Å². The van der Waals surface area contributed by atoms with Crippen molar-refractivity contribution in [3.05, 3.63) is 75.5 Å². The van der Waals surface area contributed by atoms with E-state index in [9.17, 15) is 20.0 Å². The van der Waals surface area contributed by atoms with Gasteiger partial charge in [0.05, 0.1) is 17.1 Å². The second-order valence-electron chi connectivity index (χ2n) is 4.98. The van der Waals surface area contributed by atoms with E-state index < -0.39 is 16.7 Å². The van der Waals surface area contributed by atoms with Gasteiger partial charge >= 0.3 is 63.0 Å². The summed E-state index contributed by atoms with van der Waals surface area (Å²) in [6.07, 6.45) is 0.992. The summed E-state index contributed by atoms with van der Waals surface area (Å²) < 4.78 is 10.2. The minimum atomic E-state index is -0.951. The Hall–Kier alpha value is -1.71. The van der Waals surface area contributed by atoms with Crippen LogP contribution in [0.4, 0.5) is 5.69 Å². The molecule has 0 unspecified atom stereocenters. The molecule has 0 aliphatic carbocycles. The normalized spacial score (nSPS) is 10.6. The number of ether oxygens (including phenoxy) is 2. The Morgan fingerprint density at radius 3 is 2.50 bits per heavy atom. The van der Waals surface area contributed by atoms with E-state index >= 15 is 0 Å². The summed E-state index contributed by atoms with van der Waals surface area (Å²) in [5, 5.41) is 21.2. The number of benzene rings is 2. The van der Waals surface area contributed by atoms with Crippen LogP contribution in [0.3, 0.4) is 0 Å². The fourth-order valence-corrected chi connectivity index (χ4v) is 2.11. The third-order valence-electron chi connectivity index (χ3n) is 3.23. The first-order chi connectivity index (χ1) is 12.0. The topological polar surface area (TPSA) is 98.9 Å². The van der Waals surface area contributed by atoms with E-state index in [0.717, 1.165) is 11.6 Å². The van der Waals surface area contributed by atoms with Crippen LogP contribution < -0.4 is 4.74 Å². The van der Waals surface area contributed by atoms with Crippen LogP contribution in [0, 0.1) is 10.1 Å². The number of carbonyl (C=O) groups excluding carboxylic acids is 1. The molecular formula is C18H18KNO6. The third-order valence-corrected chi connectivity index (χ3v) is 3.23. The quantitative estimate of drug-likeness (QED) is 0.197. The predicted octanol–water partition coefficient (Wildman–Crippen LogP) is 2.99. The van der Waals surface area contributed by atoms with Gasteiger partial charge in [0.15, 0.2) is 5.75 Å². The summed E-state index contributed by atoms with van der Waals surface area (Å²) in [6, 6.07) is 13.6. The van der Waals surface area contributed by atoms with Crippen LogP contribution in [-0.2, 0) is 16.1 Å². The van der Waals surface area contributed by atoms with Gasteiger partial charge < -0.3 is 14.6 Å². The monoisotopic (exact) mass is 383 g/mol. The molecule has 0 amide bonds. The summed E-state index contributed by atoms with van der Waals surface area (Å²) >= 11 is 0. The van der Waals surface area contributed by atoms with Crippen LogP contribution in [0.1, 0.15) is 18.1 Å². The standard InChI is InChI=1S/C18H17NO6.K.H/c1-2-24-18(21)15(20)11-14-9-6-10-16(17(14)19(22)23)25-12-13-7-4-3-5-8-13;;/h3-11,20H,2,12H2,1H3;;/b15-11-;;. The summed E-state index contributed by atoms with van der Waals surface area (Å²) in [5.74, 6) is -1.63. The molecule has 8 heteroatoms. The van der Waals surface area contributed by atoms with Crippen molar-refractivity contribution in [2.24, 2.45) is 0 Å². The number of nitro benzene ring substituents is 1. The molecule has 26 heavy (non-hydrogen) atoms. The molecule has 7 nitrogen and oxygen atoms in total. The first kappa shape index (κ1) is 22.3. The number of nitro groups is 1. The van der Waals surface area contributed by atoms with Crippen LogP contribution in [0.15, 0.2) is 54.3 Å². The Labute approximate surface area is 193 Å². The molecule has 0 saturated carbocycles. The zero-order valence-corrected chi connectivity index (χ0v) is 13.5. The maximum absolute atomic E-state index is 11.5. The molecule has 0 spiro atoms. The predicted molar refractivity (Wildman–Crippen MR) is 98.3 cm³/mol. The Morgan fingerprint density at radius 2 is 1.88 bits per heavy atom. The molecule has 2 aromatic rings. The number of hydrogen-bond donors (Lipinski definition) is 1. The van der Waals surface area contributed by atoms with E-state index in [-0.39, 0.29) is 81.6 Å². The van der Waals surface area contributed by atoms with Crippen LogP contribution in [-0.4, -0.2) is 74.0 Å². The van der Waals surface area contributed by atoms with Crippen molar-refractivity contribution in [3.8, 4) is 5.75 Å². The Bertz CT molecular complexity index is 792. The molecule has 0 atom stereocenters. The van der Waals surface area contributed by atoms with Crippen LogP contribution in [0.5, 0.6) is 5.75 Å². The van der Waals surface area contributed by atoms with E-state index in [2.05, 4.69) is 4.74 Å². The molecule has 2 rings (SSSR count). The Morgan fingerprint density at radius 1 is 1.19 bits per heavy atom. The van der Waals surface area contributed by atoms with Crippen molar-refractivity contribution < 1.29 is 24.3 Å². The second kappa shape index (κ2) is 11.1. The minimum absolute atomic E-state index is 0. The van der Waals surface area contributed by atoms with E-state index in [1.807, 2.05) is 30.3 Å². The van der Waals surface area contributed by atoms with Crippen molar-refractivity contribution in [2.75, 3.05) is 6.61 Å². The van der Waals surface area contributed by atoms with Crippen molar-refractivity contribution in [3.63, 3.8) is 0 Å². The fourth-order valence-electron chi connectivity index (χ4n) is 2.11. The molecular weight excluding hydrogens is 365 g/mol. The van der Waals surface area contributed by atoms with E-state index in [1.165, 1.54) is 18.2 Å². The molecule has 0 aromatic heterocycles.